The van der Waals surface area contributed by atoms with E-state index in [9.17, 15) is 14.9 Å². The fraction of sp³-hybridized carbons (Fsp3) is 0.0588. The number of nitrogens with zero attached hydrogens (tertiary/aromatic N) is 2. The average Bonchev–Trinajstić information content (AvgIpc) is 3.04. The molecule has 0 unspecified atom stereocenters. The molecule has 0 saturated carbocycles. The molecule has 7 heteroatoms. The van der Waals surface area contributed by atoms with E-state index in [0.29, 0.717) is 17.3 Å². The van der Waals surface area contributed by atoms with Gasteiger partial charge in [0.2, 0.25) is 11.8 Å². The summed E-state index contributed by atoms with van der Waals surface area (Å²) in [5, 5.41) is 13.3. The Morgan fingerprint density at radius 3 is 2.50 bits per heavy atom. The standard InChI is InChI=1S/C17H13N3O4/c21-16(18-13-6-8-15(9-7-13)20(22)23)10-14-11-24-17(19-14)12-4-2-1-3-5-12/h1-9,11H,10H2,(H,18,21). The molecule has 0 aliphatic heterocycles. The lowest BCUT2D eigenvalue weighted by Crippen LogP contribution is -2.14. The van der Waals surface area contributed by atoms with Gasteiger partial charge < -0.3 is 9.73 Å². The molecule has 7 nitrogen and oxygen atoms in total. The SMILES string of the molecule is O=C(Cc1coc(-c2ccccc2)n1)Nc1ccc([N+](=O)[O-])cc1. The molecule has 0 aliphatic carbocycles. The second kappa shape index (κ2) is 6.74. The third kappa shape index (κ3) is 3.64. The van der Waals surface area contributed by atoms with Gasteiger partial charge in [0.25, 0.3) is 5.69 Å². The van der Waals surface area contributed by atoms with Gasteiger partial charge in [0.1, 0.15) is 6.26 Å². The van der Waals surface area contributed by atoms with Crippen LogP contribution in [0.25, 0.3) is 11.5 Å². The highest BCUT2D eigenvalue weighted by atomic mass is 16.6. The predicted octanol–water partition coefficient (Wildman–Crippen LogP) is 3.43. The highest BCUT2D eigenvalue weighted by Gasteiger charge is 2.11. The number of anilines is 1. The van der Waals surface area contributed by atoms with Gasteiger partial charge in [-0.05, 0) is 24.3 Å². The van der Waals surface area contributed by atoms with Gasteiger partial charge in [-0.2, -0.15) is 0 Å². The zero-order chi connectivity index (χ0) is 16.9. The van der Waals surface area contributed by atoms with Crippen LogP contribution in [0.4, 0.5) is 11.4 Å². The number of non-ortho nitro benzene ring substituents is 1. The average molecular weight is 323 g/mol. The Morgan fingerprint density at radius 1 is 1.12 bits per heavy atom. The number of nitrogens with one attached hydrogen (secondary N) is 1. The fourth-order valence-corrected chi connectivity index (χ4v) is 2.14. The van der Waals surface area contributed by atoms with Gasteiger partial charge >= 0.3 is 0 Å². The summed E-state index contributed by atoms with van der Waals surface area (Å²) in [4.78, 5) is 26.4. The Bertz CT molecular complexity index is 857. The summed E-state index contributed by atoms with van der Waals surface area (Å²) >= 11 is 0. The van der Waals surface area contributed by atoms with E-state index in [-0.39, 0.29) is 18.0 Å². The minimum atomic E-state index is -0.494. The quantitative estimate of drug-likeness (QED) is 0.573. The lowest BCUT2D eigenvalue weighted by molar-refractivity contribution is -0.384. The molecular weight excluding hydrogens is 310 g/mol. The molecule has 0 bridgehead atoms. The Labute approximate surface area is 137 Å². The molecule has 1 N–H and O–H groups in total. The van der Waals surface area contributed by atoms with E-state index in [1.165, 1.54) is 30.5 Å². The van der Waals surface area contributed by atoms with Gasteiger partial charge in [0.05, 0.1) is 17.0 Å². The van der Waals surface area contributed by atoms with Crippen molar-refractivity contribution in [3.8, 4) is 11.5 Å². The summed E-state index contributed by atoms with van der Waals surface area (Å²) in [6.07, 6.45) is 1.49. The maximum atomic E-state index is 12.0. The van der Waals surface area contributed by atoms with Gasteiger partial charge in [0.15, 0.2) is 0 Å². The summed E-state index contributed by atoms with van der Waals surface area (Å²) in [5.41, 5.74) is 1.79. The van der Waals surface area contributed by atoms with Gasteiger partial charge in [-0.15, -0.1) is 0 Å². The number of benzene rings is 2. The summed E-state index contributed by atoms with van der Waals surface area (Å²) in [6.45, 7) is 0. The normalized spacial score (nSPS) is 10.3. The van der Waals surface area contributed by atoms with Crippen molar-refractivity contribution >= 4 is 17.3 Å². The number of carbonyl (C=O) groups is 1. The van der Waals surface area contributed by atoms with E-state index in [1.54, 1.807) is 0 Å². The molecule has 0 atom stereocenters. The van der Waals surface area contributed by atoms with Crippen molar-refractivity contribution in [2.45, 2.75) is 6.42 Å². The summed E-state index contributed by atoms with van der Waals surface area (Å²) in [7, 11) is 0. The number of rotatable bonds is 5. The van der Waals surface area contributed by atoms with E-state index in [4.69, 9.17) is 4.42 Å². The van der Waals surface area contributed by atoms with Crippen molar-refractivity contribution in [2.24, 2.45) is 0 Å². The molecule has 1 amide bonds. The summed E-state index contributed by atoms with van der Waals surface area (Å²) in [5.74, 6) is 0.172. The number of amides is 1. The van der Waals surface area contributed by atoms with Crippen LogP contribution in [0.2, 0.25) is 0 Å². The van der Waals surface area contributed by atoms with Crippen LogP contribution in [-0.4, -0.2) is 15.8 Å². The monoisotopic (exact) mass is 323 g/mol. The Hall–Kier alpha value is -3.48. The number of aromatic nitrogens is 1. The van der Waals surface area contributed by atoms with Gasteiger partial charge in [0, 0.05) is 23.4 Å². The Morgan fingerprint density at radius 2 is 1.83 bits per heavy atom. The van der Waals surface area contributed by atoms with E-state index in [0.717, 1.165) is 5.56 Å². The first-order valence-corrected chi connectivity index (χ1v) is 7.16. The molecule has 0 spiro atoms. The first-order valence-electron chi connectivity index (χ1n) is 7.16. The number of hydrogen-bond acceptors (Lipinski definition) is 5. The number of nitro benzene ring substituents is 1. The molecule has 3 aromatic rings. The van der Waals surface area contributed by atoms with Crippen molar-refractivity contribution in [1.82, 2.24) is 4.98 Å². The first kappa shape index (κ1) is 15.4. The number of oxazole rings is 1. The lowest BCUT2D eigenvalue weighted by Gasteiger charge is -2.03. The second-order valence-electron chi connectivity index (χ2n) is 5.04. The third-order valence-corrected chi connectivity index (χ3v) is 3.28. The van der Waals surface area contributed by atoms with Gasteiger partial charge in [-0.25, -0.2) is 4.98 Å². The van der Waals surface area contributed by atoms with Crippen molar-refractivity contribution in [1.29, 1.82) is 0 Å². The van der Waals surface area contributed by atoms with Crippen molar-refractivity contribution in [3.63, 3.8) is 0 Å². The molecule has 0 radical (unpaired) electrons. The van der Waals surface area contributed by atoms with Crippen LogP contribution in [0, 0.1) is 10.1 Å². The van der Waals surface area contributed by atoms with E-state index < -0.39 is 4.92 Å². The van der Waals surface area contributed by atoms with E-state index in [2.05, 4.69) is 10.3 Å². The molecule has 120 valence electrons. The molecule has 2 aromatic carbocycles. The number of nitro groups is 1. The summed E-state index contributed by atoms with van der Waals surface area (Å²) < 4.78 is 5.38. The van der Waals surface area contributed by atoms with Crippen molar-refractivity contribution in [2.75, 3.05) is 5.32 Å². The minimum Gasteiger partial charge on any atom is -0.444 e. The highest BCUT2D eigenvalue weighted by Crippen LogP contribution is 2.19. The molecule has 0 fully saturated rings. The zero-order valence-electron chi connectivity index (χ0n) is 12.5. The molecule has 3 rings (SSSR count). The summed E-state index contributed by atoms with van der Waals surface area (Å²) in [6, 6.07) is 15.0. The number of hydrogen-bond donors (Lipinski definition) is 1. The van der Waals surface area contributed by atoms with Crippen LogP contribution in [0.15, 0.2) is 65.3 Å². The largest absolute Gasteiger partial charge is 0.444 e. The first-order chi connectivity index (χ1) is 11.6. The predicted molar refractivity (Wildman–Crippen MR) is 87.4 cm³/mol. The minimum absolute atomic E-state index is 0.0306. The maximum Gasteiger partial charge on any atom is 0.269 e. The van der Waals surface area contributed by atoms with Crippen molar-refractivity contribution < 1.29 is 14.1 Å². The smallest absolute Gasteiger partial charge is 0.269 e. The molecule has 1 aromatic heterocycles. The van der Waals surface area contributed by atoms with Crippen LogP contribution >= 0.6 is 0 Å². The van der Waals surface area contributed by atoms with E-state index in [1.807, 2.05) is 30.3 Å². The highest BCUT2D eigenvalue weighted by molar-refractivity contribution is 5.92. The molecular formula is C17H13N3O4. The Balaban J connectivity index is 1.63. The van der Waals surface area contributed by atoms with Crippen LogP contribution < -0.4 is 5.32 Å². The Kier molecular flexibility index (Phi) is 4.33. The van der Waals surface area contributed by atoms with Crippen LogP contribution in [-0.2, 0) is 11.2 Å². The van der Waals surface area contributed by atoms with Gasteiger partial charge in [-0.3, -0.25) is 14.9 Å². The lowest BCUT2D eigenvalue weighted by atomic mass is 10.2. The van der Waals surface area contributed by atoms with E-state index >= 15 is 0 Å². The van der Waals surface area contributed by atoms with Crippen LogP contribution in [0.1, 0.15) is 5.69 Å². The molecule has 1 heterocycles. The second-order valence-corrected chi connectivity index (χ2v) is 5.04. The fourth-order valence-electron chi connectivity index (χ4n) is 2.14. The van der Waals surface area contributed by atoms with Crippen LogP contribution in [0.3, 0.4) is 0 Å². The van der Waals surface area contributed by atoms with Gasteiger partial charge in [-0.1, -0.05) is 18.2 Å². The van der Waals surface area contributed by atoms with Crippen molar-refractivity contribution in [3.05, 3.63) is 76.7 Å². The maximum absolute atomic E-state index is 12.0. The number of carbonyl (C=O) groups excluding carboxylic acids is 1. The topological polar surface area (TPSA) is 98.3 Å². The zero-order valence-corrected chi connectivity index (χ0v) is 12.5. The molecule has 0 saturated heterocycles. The molecule has 0 aliphatic rings. The van der Waals surface area contributed by atoms with Crippen LogP contribution in [0.5, 0.6) is 0 Å². The third-order valence-electron chi connectivity index (χ3n) is 3.28. The molecule has 24 heavy (non-hydrogen) atoms.